The maximum Gasteiger partial charge on any atom is 0.331 e. The summed E-state index contributed by atoms with van der Waals surface area (Å²) in [6, 6.07) is 0.785. The Bertz CT molecular complexity index is 415. The molecule has 0 bridgehead atoms. The van der Waals surface area contributed by atoms with Gasteiger partial charge >= 0.3 is 5.69 Å². The van der Waals surface area contributed by atoms with E-state index in [0.717, 1.165) is 6.07 Å². The van der Waals surface area contributed by atoms with Crippen LogP contribution in [0.3, 0.4) is 0 Å². The van der Waals surface area contributed by atoms with Crippen molar-refractivity contribution in [1.29, 1.82) is 0 Å². The molecular weight excluding hydrogens is 290 g/mol. The molecule has 0 aromatic carbocycles. The molecule has 0 amide bonds. The van der Waals surface area contributed by atoms with Crippen molar-refractivity contribution in [3.63, 3.8) is 0 Å². The molecular formula is C8H7BrF2N2O3. The zero-order valence-electron chi connectivity index (χ0n) is 8.11. The Kier molecular flexibility index (Phi) is 4.11. The number of nitro groups is 1. The summed E-state index contributed by atoms with van der Waals surface area (Å²) >= 11 is 2.98. The van der Waals surface area contributed by atoms with Gasteiger partial charge in [-0.05, 0) is 0 Å². The molecule has 0 spiro atoms. The van der Waals surface area contributed by atoms with E-state index in [1.807, 2.05) is 0 Å². The number of hydrogen-bond donors (Lipinski definition) is 0. The molecule has 0 aliphatic carbocycles. The van der Waals surface area contributed by atoms with Crippen LogP contribution in [0.1, 0.15) is 17.7 Å². The molecule has 1 heterocycles. The summed E-state index contributed by atoms with van der Waals surface area (Å²) in [6.45, 7) is 0. The van der Waals surface area contributed by atoms with E-state index < -0.39 is 22.6 Å². The van der Waals surface area contributed by atoms with E-state index in [1.165, 1.54) is 7.11 Å². The summed E-state index contributed by atoms with van der Waals surface area (Å²) in [6.07, 6.45) is -2.82. The Morgan fingerprint density at radius 3 is 2.69 bits per heavy atom. The van der Waals surface area contributed by atoms with Crippen molar-refractivity contribution in [3.8, 4) is 5.88 Å². The lowest BCUT2D eigenvalue weighted by Crippen LogP contribution is -2.03. The number of nitrogens with zero attached hydrogens (tertiary/aromatic N) is 2. The third-order valence-corrected chi connectivity index (χ3v) is 2.36. The fourth-order valence-electron chi connectivity index (χ4n) is 1.11. The van der Waals surface area contributed by atoms with Crippen molar-refractivity contribution < 1.29 is 18.4 Å². The molecule has 16 heavy (non-hydrogen) atoms. The highest BCUT2D eigenvalue weighted by Gasteiger charge is 2.24. The van der Waals surface area contributed by atoms with Gasteiger partial charge in [0.1, 0.15) is 0 Å². The van der Waals surface area contributed by atoms with Crippen LogP contribution in [0.2, 0.25) is 0 Å². The van der Waals surface area contributed by atoms with E-state index in [0.29, 0.717) is 0 Å². The Balaban J connectivity index is 3.40. The number of ether oxygens (including phenoxy) is 1. The SMILES string of the molecule is COc1nc(CBr)c(C(F)F)cc1[N+](=O)[O-]. The third kappa shape index (κ3) is 2.43. The van der Waals surface area contributed by atoms with Crippen molar-refractivity contribution in [2.75, 3.05) is 7.11 Å². The van der Waals surface area contributed by atoms with Crippen LogP contribution < -0.4 is 4.74 Å². The number of alkyl halides is 3. The molecule has 0 saturated heterocycles. The lowest BCUT2D eigenvalue weighted by atomic mass is 10.2. The van der Waals surface area contributed by atoms with E-state index in [2.05, 4.69) is 25.7 Å². The van der Waals surface area contributed by atoms with Crippen LogP contribution in [0.5, 0.6) is 5.88 Å². The second-order valence-corrected chi connectivity index (χ2v) is 3.30. The highest BCUT2D eigenvalue weighted by molar-refractivity contribution is 9.08. The Morgan fingerprint density at radius 1 is 1.69 bits per heavy atom. The minimum absolute atomic E-state index is 0.0254. The Morgan fingerprint density at radius 2 is 2.31 bits per heavy atom. The largest absolute Gasteiger partial charge is 0.476 e. The van der Waals surface area contributed by atoms with Crippen LogP contribution >= 0.6 is 15.9 Å². The van der Waals surface area contributed by atoms with Gasteiger partial charge in [-0.1, -0.05) is 15.9 Å². The molecule has 0 radical (unpaired) electrons. The van der Waals surface area contributed by atoms with Crippen molar-refractivity contribution in [2.45, 2.75) is 11.8 Å². The molecule has 0 N–H and O–H groups in total. The number of halogens is 3. The molecule has 0 atom stereocenters. The molecule has 1 aromatic rings. The van der Waals surface area contributed by atoms with Crippen LogP contribution in [0.25, 0.3) is 0 Å². The normalized spacial score (nSPS) is 10.6. The number of methoxy groups -OCH3 is 1. The van der Waals surface area contributed by atoms with E-state index >= 15 is 0 Å². The molecule has 0 aliphatic rings. The van der Waals surface area contributed by atoms with Gasteiger partial charge in [0, 0.05) is 17.0 Å². The second kappa shape index (κ2) is 5.15. The molecule has 5 nitrogen and oxygen atoms in total. The van der Waals surface area contributed by atoms with Gasteiger partial charge in [0.25, 0.3) is 12.3 Å². The van der Waals surface area contributed by atoms with Crippen LogP contribution in [0.4, 0.5) is 14.5 Å². The highest BCUT2D eigenvalue weighted by atomic mass is 79.9. The number of pyridine rings is 1. The van der Waals surface area contributed by atoms with Gasteiger partial charge in [-0.2, -0.15) is 0 Å². The van der Waals surface area contributed by atoms with Crippen LogP contribution in [-0.4, -0.2) is 17.0 Å². The third-order valence-electron chi connectivity index (χ3n) is 1.83. The zero-order valence-corrected chi connectivity index (χ0v) is 9.70. The van der Waals surface area contributed by atoms with Crippen molar-refractivity contribution in [1.82, 2.24) is 4.98 Å². The first-order chi connectivity index (χ1) is 7.51. The van der Waals surface area contributed by atoms with Crippen molar-refractivity contribution >= 4 is 21.6 Å². The minimum Gasteiger partial charge on any atom is -0.476 e. The van der Waals surface area contributed by atoms with Crippen molar-refractivity contribution in [3.05, 3.63) is 27.4 Å². The summed E-state index contributed by atoms with van der Waals surface area (Å²) < 4.78 is 29.8. The average molecular weight is 297 g/mol. The van der Waals surface area contributed by atoms with E-state index in [4.69, 9.17) is 0 Å². The van der Waals surface area contributed by atoms with Gasteiger partial charge in [-0.25, -0.2) is 13.8 Å². The first-order valence-corrected chi connectivity index (χ1v) is 5.19. The summed E-state index contributed by atoms with van der Waals surface area (Å²) in [7, 11) is 1.19. The first-order valence-electron chi connectivity index (χ1n) is 4.07. The maximum atomic E-state index is 12.6. The van der Waals surface area contributed by atoms with Gasteiger partial charge in [0.2, 0.25) is 0 Å². The molecule has 8 heteroatoms. The fraction of sp³-hybridized carbons (Fsp3) is 0.375. The molecule has 0 unspecified atom stereocenters. The second-order valence-electron chi connectivity index (χ2n) is 2.74. The Labute approximate surface area is 97.7 Å². The minimum atomic E-state index is -2.82. The topological polar surface area (TPSA) is 65.3 Å². The quantitative estimate of drug-likeness (QED) is 0.487. The summed E-state index contributed by atoms with van der Waals surface area (Å²) in [5.41, 5.74) is -1.01. The Hall–Kier alpha value is -1.31. The fourth-order valence-corrected chi connectivity index (χ4v) is 1.56. The number of aromatic nitrogens is 1. The molecule has 1 rings (SSSR count). The summed E-state index contributed by atoms with van der Waals surface area (Å²) in [5.74, 6) is -0.274. The predicted molar refractivity (Wildman–Crippen MR) is 55.0 cm³/mol. The van der Waals surface area contributed by atoms with Gasteiger partial charge in [0.15, 0.2) is 0 Å². The van der Waals surface area contributed by atoms with Gasteiger partial charge in [-0.3, -0.25) is 10.1 Å². The number of rotatable bonds is 4. The average Bonchev–Trinajstić information content (AvgIpc) is 2.26. The summed E-state index contributed by atoms with van der Waals surface area (Å²) in [4.78, 5) is 13.4. The van der Waals surface area contributed by atoms with E-state index in [-0.39, 0.29) is 16.9 Å². The molecule has 0 saturated carbocycles. The first kappa shape index (κ1) is 12.8. The van der Waals surface area contributed by atoms with Gasteiger partial charge < -0.3 is 4.74 Å². The standard InChI is InChI=1S/C8H7BrF2N2O3/c1-16-8-6(13(14)15)2-4(7(10)11)5(3-9)12-8/h2,7H,3H2,1H3. The maximum absolute atomic E-state index is 12.6. The highest BCUT2D eigenvalue weighted by Crippen LogP contribution is 2.32. The van der Waals surface area contributed by atoms with Crippen LogP contribution in [-0.2, 0) is 5.33 Å². The van der Waals surface area contributed by atoms with Crippen molar-refractivity contribution in [2.24, 2.45) is 0 Å². The predicted octanol–water partition coefficient (Wildman–Crippen LogP) is 2.83. The smallest absolute Gasteiger partial charge is 0.331 e. The molecule has 1 aromatic heterocycles. The molecule has 0 fully saturated rings. The lowest BCUT2D eigenvalue weighted by molar-refractivity contribution is -0.386. The summed E-state index contributed by atoms with van der Waals surface area (Å²) in [5, 5.41) is 10.7. The molecule has 0 aliphatic heterocycles. The van der Waals surface area contributed by atoms with Crippen LogP contribution in [0.15, 0.2) is 6.07 Å². The van der Waals surface area contributed by atoms with E-state index in [9.17, 15) is 18.9 Å². The van der Waals surface area contributed by atoms with Gasteiger partial charge in [0.05, 0.1) is 17.7 Å². The lowest BCUT2D eigenvalue weighted by Gasteiger charge is -2.08. The van der Waals surface area contributed by atoms with E-state index in [1.54, 1.807) is 0 Å². The molecule has 88 valence electrons. The number of hydrogen-bond acceptors (Lipinski definition) is 4. The van der Waals surface area contributed by atoms with Gasteiger partial charge in [-0.15, -0.1) is 0 Å². The zero-order chi connectivity index (χ0) is 12.3. The van der Waals surface area contributed by atoms with Crippen LogP contribution in [0, 0.1) is 10.1 Å². The monoisotopic (exact) mass is 296 g/mol.